The Morgan fingerprint density at radius 3 is 3.18 bits per heavy atom. The van der Waals surface area contributed by atoms with E-state index >= 15 is 0 Å². The highest BCUT2D eigenvalue weighted by Gasteiger charge is 2.26. The normalized spacial score (nSPS) is 22.4. The van der Waals surface area contributed by atoms with Crippen molar-refractivity contribution in [3.63, 3.8) is 0 Å². The molecule has 0 amide bonds. The summed E-state index contributed by atoms with van der Waals surface area (Å²) in [5.74, 6) is 4.67. The molecule has 0 bridgehead atoms. The summed E-state index contributed by atoms with van der Waals surface area (Å²) in [4.78, 5) is 18.7. The summed E-state index contributed by atoms with van der Waals surface area (Å²) in [6.07, 6.45) is 0.0592. The minimum atomic E-state index is -0.630. The van der Waals surface area contributed by atoms with Gasteiger partial charge in [-0.15, -0.1) is 0 Å². The van der Waals surface area contributed by atoms with Crippen LogP contribution in [-0.4, -0.2) is 24.5 Å². The molecule has 1 atom stereocenters. The molecule has 0 aliphatic carbocycles. The number of nitrogens with two attached hydrogens (primary N) is 1. The van der Waals surface area contributed by atoms with Gasteiger partial charge in [0.05, 0.1) is 6.54 Å². The Hall–Kier alpha value is -1.10. The first-order valence-corrected chi connectivity index (χ1v) is 3.38. The molecule has 0 spiro atoms. The summed E-state index contributed by atoms with van der Waals surface area (Å²) < 4.78 is 5.06. The smallest absolute Gasteiger partial charge is 0.367 e. The van der Waals surface area contributed by atoms with Crippen molar-refractivity contribution in [3.8, 4) is 0 Å². The molecule has 1 unspecified atom stereocenters. The maximum atomic E-state index is 10.7. The van der Waals surface area contributed by atoms with Crippen molar-refractivity contribution in [2.24, 2.45) is 10.9 Å². The average molecular weight is 158 g/mol. The van der Waals surface area contributed by atoms with E-state index in [-0.39, 0.29) is 0 Å². The van der Waals surface area contributed by atoms with Crippen LogP contribution in [0.25, 0.3) is 0 Å². The lowest BCUT2D eigenvalue weighted by Gasteiger charge is -2.06. The molecule has 0 radical (unpaired) electrons. The third kappa shape index (κ3) is 1.68. The molecule has 11 heavy (non-hydrogen) atoms. The molecule has 1 heterocycles. The number of hydrogen-bond acceptors (Lipinski definition) is 5. The Bertz CT molecular complexity index is 190. The van der Waals surface area contributed by atoms with E-state index in [0.29, 0.717) is 18.9 Å². The van der Waals surface area contributed by atoms with Crippen molar-refractivity contribution in [2.45, 2.75) is 19.4 Å². The van der Waals surface area contributed by atoms with E-state index in [0.717, 1.165) is 0 Å². The predicted molar refractivity (Wildman–Crippen MR) is 37.7 cm³/mol. The Labute approximate surface area is 64.1 Å². The van der Waals surface area contributed by atoms with Gasteiger partial charge in [0.1, 0.15) is 0 Å². The molecule has 5 heteroatoms. The lowest BCUT2D eigenvalue weighted by atomic mass is 10.4. The fourth-order valence-corrected chi connectivity index (χ4v) is 0.817. The lowest BCUT2D eigenvalue weighted by molar-refractivity contribution is -0.151. The third-order valence-electron chi connectivity index (χ3n) is 1.39. The number of aliphatic imine (C=N–C) groups is 1. The van der Waals surface area contributed by atoms with Gasteiger partial charge in [0.15, 0.2) is 5.90 Å². The van der Waals surface area contributed by atoms with Gasteiger partial charge in [0.25, 0.3) is 0 Å². The summed E-state index contributed by atoms with van der Waals surface area (Å²) >= 11 is 0. The molecule has 1 rings (SSSR count). The van der Waals surface area contributed by atoms with Crippen molar-refractivity contribution in [1.82, 2.24) is 0 Å². The van der Waals surface area contributed by atoms with Gasteiger partial charge in [-0.3, -0.25) is 4.99 Å². The molecular weight excluding hydrogens is 148 g/mol. The van der Waals surface area contributed by atoms with Crippen LogP contribution < -0.4 is 5.90 Å². The zero-order chi connectivity index (χ0) is 8.27. The van der Waals surface area contributed by atoms with Gasteiger partial charge in [0, 0.05) is 6.42 Å². The van der Waals surface area contributed by atoms with Crippen molar-refractivity contribution in [2.75, 3.05) is 6.54 Å². The zero-order valence-corrected chi connectivity index (χ0v) is 6.24. The molecule has 0 saturated heterocycles. The highest BCUT2D eigenvalue weighted by atomic mass is 16.7. The van der Waals surface area contributed by atoms with Crippen LogP contribution in [0.15, 0.2) is 4.99 Å². The summed E-state index contributed by atoms with van der Waals surface area (Å²) in [5.41, 5.74) is 0. The van der Waals surface area contributed by atoms with Crippen molar-refractivity contribution < 1.29 is 14.4 Å². The number of nitrogens with zero attached hydrogens (tertiary/aromatic N) is 1. The monoisotopic (exact) mass is 158 g/mol. The van der Waals surface area contributed by atoms with Crippen molar-refractivity contribution in [3.05, 3.63) is 0 Å². The second kappa shape index (κ2) is 3.34. The standard InChI is InChI=1S/C6H10N2O3/c1-2-5-8-3-4(10-5)6(9)11-7/h4H,2-3,7H2,1H3. The SMILES string of the molecule is CCC1=NCC(C(=O)ON)O1. The Kier molecular flexibility index (Phi) is 2.43. The first-order valence-electron chi connectivity index (χ1n) is 3.38. The van der Waals surface area contributed by atoms with Gasteiger partial charge in [-0.1, -0.05) is 6.92 Å². The first-order chi connectivity index (χ1) is 5.27. The molecule has 0 fully saturated rings. The predicted octanol–water partition coefficient (Wildman–Crippen LogP) is -0.389. The topological polar surface area (TPSA) is 73.9 Å². The van der Waals surface area contributed by atoms with Crippen molar-refractivity contribution >= 4 is 11.9 Å². The third-order valence-corrected chi connectivity index (χ3v) is 1.39. The van der Waals surface area contributed by atoms with Gasteiger partial charge in [-0.05, 0) is 0 Å². The van der Waals surface area contributed by atoms with E-state index in [1.54, 1.807) is 0 Å². The van der Waals surface area contributed by atoms with E-state index in [1.807, 2.05) is 6.92 Å². The Morgan fingerprint density at radius 1 is 2.00 bits per heavy atom. The minimum absolute atomic E-state index is 0.319. The van der Waals surface area contributed by atoms with Crippen LogP contribution in [0.2, 0.25) is 0 Å². The first kappa shape index (κ1) is 8.00. The molecule has 2 N–H and O–H groups in total. The lowest BCUT2D eigenvalue weighted by Crippen LogP contribution is -2.28. The van der Waals surface area contributed by atoms with Gasteiger partial charge in [-0.25, -0.2) is 4.79 Å². The van der Waals surface area contributed by atoms with Gasteiger partial charge >= 0.3 is 5.97 Å². The number of ether oxygens (including phenoxy) is 1. The maximum Gasteiger partial charge on any atom is 0.367 e. The highest BCUT2D eigenvalue weighted by molar-refractivity contribution is 5.84. The maximum absolute atomic E-state index is 10.7. The number of carbonyl (C=O) groups is 1. The van der Waals surface area contributed by atoms with Crippen LogP contribution in [0.1, 0.15) is 13.3 Å². The van der Waals surface area contributed by atoms with Crippen LogP contribution in [0.5, 0.6) is 0 Å². The quantitative estimate of drug-likeness (QED) is 0.555. The van der Waals surface area contributed by atoms with Gasteiger partial charge in [-0.2, -0.15) is 5.90 Å². The number of carbonyl (C=O) groups excluding carboxylic acids is 1. The van der Waals surface area contributed by atoms with E-state index in [2.05, 4.69) is 15.7 Å². The van der Waals surface area contributed by atoms with E-state index < -0.39 is 12.1 Å². The van der Waals surface area contributed by atoms with Crippen LogP contribution in [0.4, 0.5) is 0 Å². The van der Waals surface area contributed by atoms with Crippen LogP contribution in [0.3, 0.4) is 0 Å². The molecular formula is C6H10N2O3. The fraction of sp³-hybridized carbons (Fsp3) is 0.667. The van der Waals surface area contributed by atoms with E-state index in [1.165, 1.54) is 0 Å². The number of hydrogen-bond donors (Lipinski definition) is 1. The second-order valence-electron chi connectivity index (χ2n) is 2.13. The summed E-state index contributed by atoms with van der Waals surface area (Å²) in [6, 6.07) is 0. The molecule has 62 valence electrons. The van der Waals surface area contributed by atoms with Crippen molar-refractivity contribution in [1.29, 1.82) is 0 Å². The molecule has 1 aliphatic rings. The van der Waals surface area contributed by atoms with E-state index in [4.69, 9.17) is 4.74 Å². The fourth-order valence-electron chi connectivity index (χ4n) is 0.817. The average Bonchev–Trinajstić information content (AvgIpc) is 2.50. The Morgan fingerprint density at radius 2 is 2.73 bits per heavy atom. The summed E-state index contributed by atoms with van der Waals surface area (Å²) in [6.45, 7) is 2.22. The molecule has 5 nitrogen and oxygen atoms in total. The molecule has 0 aromatic rings. The summed E-state index contributed by atoms with van der Waals surface area (Å²) in [5, 5.41) is 0. The highest BCUT2D eigenvalue weighted by Crippen LogP contribution is 2.07. The Balaban J connectivity index is 2.41. The zero-order valence-electron chi connectivity index (χ0n) is 6.24. The molecule has 1 aliphatic heterocycles. The second-order valence-corrected chi connectivity index (χ2v) is 2.13. The van der Waals surface area contributed by atoms with Gasteiger partial charge in [0.2, 0.25) is 6.10 Å². The van der Waals surface area contributed by atoms with Gasteiger partial charge < -0.3 is 9.57 Å². The van der Waals surface area contributed by atoms with Crippen LogP contribution in [-0.2, 0) is 14.4 Å². The van der Waals surface area contributed by atoms with Crippen LogP contribution in [0, 0.1) is 0 Å². The van der Waals surface area contributed by atoms with Crippen LogP contribution >= 0.6 is 0 Å². The summed E-state index contributed by atoms with van der Waals surface area (Å²) in [7, 11) is 0. The largest absolute Gasteiger partial charge is 0.464 e. The molecule has 0 saturated carbocycles. The molecule has 0 aromatic heterocycles. The number of rotatable bonds is 2. The minimum Gasteiger partial charge on any atom is -0.464 e. The molecule has 0 aromatic carbocycles. The van der Waals surface area contributed by atoms with E-state index in [9.17, 15) is 4.79 Å².